The van der Waals surface area contributed by atoms with Crippen LogP contribution in [0, 0.1) is 23.0 Å². The predicted octanol–water partition coefficient (Wildman–Crippen LogP) is 4.77. The first kappa shape index (κ1) is 31.5. The number of aliphatic hydroxyl groups is 1. The zero-order valence-corrected chi connectivity index (χ0v) is 24.2. The Hall–Kier alpha value is -3.04. The molecule has 40 heavy (non-hydrogen) atoms. The molecule has 0 aliphatic carbocycles. The average Bonchev–Trinajstić information content (AvgIpc) is 2.86. The number of halogens is 2. The van der Waals surface area contributed by atoms with E-state index in [-0.39, 0.29) is 42.3 Å². The number of methoxy groups -OCH3 is 1. The number of nitrogens with zero attached hydrogens (tertiary/aromatic N) is 1. The van der Waals surface area contributed by atoms with Crippen LogP contribution in [0.2, 0.25) is 0 Å². The third kappa shape index (κ3) is 9.55. The zero-order valence-electron chi connectivity index (χ0n) is 24.2. The van der Waals surface area contributed by atoms with Gasteiger partial charge in [-0.05, 0) is 65.8 Å². The standard InChI is InChI=1S/C31H43F2N3O4/c1-20(37)35-27(16-22-14-25(32)17-26(33)15-22)28(38)19-34-29(23-9-11-36(12-10-23)30(39)40-5)24-8-6-7-21(13-24)18-31(2,3)4/h6-8,13-15,17,23,27-29,34,38H,9-12,16,18-19H2,1-5H3,(H,35,37). The fourth-order valence-electron chi connectivity index (χ4n) is 5.53. The number of ether oxygens (including phenoxy) is 1. The molecular weight excluding hydrogens is 516 g/mol. The maximum atomic E-state index is 13.8. The van der Waals surface area contributed by atoms with Crippen molar-refractivity contribution in [2.45, 2.75) is 71.6 Å². The third-order valence-electron chi connectivity index (χ3n) is 7.27. The molecule has 2 aromatic carbocycles. The molecule has 3 N–H and O–H groups in total. The number of rotatable bonds is 10. The van der Waals surface area contributed by atoms with Gasteiger partial charge in [0.15, 0.2) is 0 Å². The van der Waals surface area contributed by atoms with Crippen molar-refractivity contribution in [3.63, 3.8) is 0 Å². The van der Waals surface area contributed by atoms with E-state index >= 15 is 0 Å². The summed E-state index contributed by atoms with van der Waals surface area (Å²) in [5, 5.41) is 17.4. The number of hydrogen-bond donors (Lipinski definition) is 3. The number of hydrogen-bond acceptors (Lipinski definition) is 5. The Kier molecular flexibility index (Phi) is 11.0. The van der Waals surface area contributed by atoms with E-state index in [0.29, 0.717) is 18.7 Å². The molecule has 0 saturated carbocycles. The molecule has 1 fully saturated rings. The average molecular weight is 560 g/mol. The molecular formula is C31H43F2N3O4. The Morgan fingerprint density at radius 1 is 1.07 bits per heavy atom. The number of amides is 2. The number of nitrogens with one attached hydrogen (secondary N) is 2. The Balaban J connectivity index is 1.80. The molecule has 220 valence electrons. The van der Waals surface area contributed by atoms with Crippen molar-refractivity contribution in [3.8, 4) is 0 Å². The molecule has 2 aromatic rings. The minimum absolute atomic E-state index is 0.0698. The second-order valence-electron chi connectivity index (χ2n) is 12.0. The van der Waals surface area contributed by atoms with E-state index in [9.17, 15) is 23.5 Å². The zero-order chi connectivity index (χ0) is 29.4. The summed E-state index contributed by atoms with van der Waals surface area (Å²) in [4.78, 5) is 25.7. The molecule has 1 heterocycles. The van der Waals surface area contributed by atoms with Crippen molar-refractivity contribution in [2.75, 3.05) is 26.7 Å². The molecule has 0 bridgehead atoms. The lowest BCUT2D eigenvalue weighted by Gasteiger charge is -2.37. The molecule has 3 rings (SSSR count). The first-order chi connectivity index (χ1) is 18.8. The summed E-state index contributed by atoms with van der Waals surface area (Å²) in [5.41, 5.74) is 2.77. The number of aliphatic hydroxyl groups excluding tert-OH is 1. The van der Waals surface area contributed by atoms with Gasteiger partial charge in [-0.15, -0.1) is 0 Å². The summed E-state index contributed by atoms with van der Waals surface area (Å²) in [5.74, 6) is -1.58. The molecule has 9 heteroatoms. The van der Waals surface area contributed by atoms with Gasteiger partial charge in [0.1, 0.15) is 11.6 Å². The van der Waals surface area contributed by atoms with E-state index in [1.165, 1.54) is 31.7 Å². The Bertz CT molecular complexity index is 1130. The van der Waals surface area contributed by atoms with Gasteiger partial charge in [0.2, 0.25) is 5.91 Å². The molecule has 0 spiro atoms. The highest BCUT2D eigenvalue weighted by Gasteiger charge is 2.31. The van der Waals surface area contributed by atoms with Gasteiger partial charge in [-0.2, -0.15) is 0 Å². The van der Waals surface area contributed by atoms with E-state index in [4.69, 9.17) is 4.74 Å². The summed E-state index contributed by atoms with van der Waals surface area (Å²) in [6.45, 7) is 9.22. The Morgan fingerprint density at radius 3 is 2.30 bits per heavy atom. The second-order valence-corrected chi connectivity index (χ2v) is 12.0. The summed E-state index contributed by atoms with van der Waals surface area (Å²) in [6.07, 6.45) is 1.13. The smallest absolute Gasteiger partial charge is 0.409 e. The van der Waals surface area contributed by atoms with Gasteiger partial charge in [0.25, 0.3) is 0 Å². The predicted molar refractivity (Wildman–Crippen MR) is 151 cm³/mol. The van der Waals surface area contributed by atoms with Crippen LogP contribution in [0.3, 0.4) is 0 Å². The van der Waals surface area contributed by atoms with Crippen molar-refractivity contribution >= 4 is 12.0 Å². The van der Waals surface area contributed by atoms with Crippen LogP contribution in [0.4, 0.5) is 13.6 Å². The Morgan fingerprint density at radius 2 is 1.73 bits per heavy atom. The van der Waals surface area contributed by atoms with E-state index in [2.05, 4.69) is 49.6 Å². The summed E-state index contributed by atoms with van der Waals surface area (Å²) >= 11 is 0. The molecule has 0 aromatic heterocycles. The van der Waals surface area contributed by atoms with Gasteiger partial charge in [-0.3, -0.25) is 4.79 Å². The first-order valence-corrected chi connectivity index (χ1v) is 13.9. The minimum Gasteiger partial charge on any atom is -0.453 e. The molecule has 1 aliphatic heterocycles. The molecule has 3 unspecified atom stereocenters. The summed E-state index contributed by atoms with van der Waals surface area (Å²) in [6, 6.07) is 10.8. The number of benzene rings is 2. The minimum atomic E-state index is -1.02. The summed E-state index contributed by atoms with van der Waals surface area (Å²) in [7, 11) is 1.38. The van der Waals surface area contributed by atoms with Crippen LogP contribution in [-0.2, 0) is 22.4 Å². The fourth-order valence-corrected chi connectivity index (χ4v) is 5.53. The lowest BCUT2D eigenvalue weighted by molar-refractivity contribution is -0.120. The first-order valence-electron chi connectivity index (χ1n) is 13.9. The molecule has 1 saturated heterocycles. The van der Waals surface area contributed by atoms with Gasteiger partial charge >= 0.3 is 6.09 Å². The highest BCUT2D eigenvalue weighted by Crippen LogP contribution is 2.32. The van der Waals surface area contributed by atoms with Gasteiger partial charge in [0, 0.05) is 38.7 Å². The SMILES string of the molecule is COC(=O)N1CCC(C(NCC(O)C(Cc2cc(F)cc(F)c2)NC(C)=O)c2cccc(CC(C)(C)C)c2)CC1. The van der Waals surface area contributed by atoms with E-state index < -0.39 is 23.8 Å². The van der Waals surface area contributed by atoms with Crippen molar-refractivity contribution in [2.24, 2.45) is 11.3 Å². The molecule has 1 aliphatic rings. The largest absolute Gasteiger partial charge is 0.453 e. The number of likely N-dealkylation sites (tertiary alicyclic amines) is 1. The molecule has 2 amide bonds. The van der Waals surface area contributed by atoms with Crippen molar-refractivity contribution in [1.29, 1.82) is 0 Å². The Labute approximate surface area is 236 Å². The van der Waals surface area contributed by atoms with Gasteiger partial charge < -0.3 is 25.4 Å². The van der Waals surface area contributed by atoms with Crippen LogP contribution in [0.1, 0.15) is 63.3 Å². The van der Waals surface area contributed by atoms with Crippen LogP contribution < -0.4 is 10.6 Å². The monoisotopic (exact) mass is 559 g/mol. The highest BCUT2D eigenvalue weighted by atomic mass is 19.1. The fraction of sp³-hybridized carbons (Fsp3) is 0.548. The third-order valence-corrected chi connectivity index (χ3v) is 7.27. The van der Waals surface area contributed by atoms with Crippen molar-refractivity contribution < 1.29 is 28.2 Å². The van der Waals surface area contributed by atoms with Crippen LogP contribution in [-0.4, -0.2) is 60.9 Å². The van der Waals surface area contributed by atoms with Gasteiger partial charge in [-0.25, -0.2) is 13.6 Å². The maximum absolute atomic E-state index is 13.8. The number of carbonyl (C=O) groups excluding carboxylic acids is 2. The van der Waals surface area contributed by atoms with Crippen molar-refractivity contribution in [3.05, 3.63) is 70.8 Å². The lowest BCUT2D eigenvalue weighted by atomic mass is 9.83. The summed E-state index contributed by atoms with van der Waals surface area (Å²) < 4.78 is 32.5. The lowest BCUT2D eigenvalue weighted by Crippen LogP contribution is -2.49. The van der Waals surface area contributed by atoms with Crippen LogP contribution in [0.25, 0.3) is 0 Å². The van der Waals surface area contributed by atoms with Crippen molar-refractivity contribution in [1.82, 2.24) is 15.5 Å². The van der Waals surface area contributed by atoms with E-state index in [1.54, 1.807) is 4.90 Å². The highest BCUT2D eigenvalue weighted by molar-refractivity contribution is 5.73. The normalized spacial score (nSPS) is 16.8. The molecule has 7 nitrogen and oxygen atoms in total. The molecule has 0 radical (unpaired) electrons. The number of piperidine rings is 1. The quantitative estimate of drug-likeness (QED) is 0.390. The van der Waals surface area contributed by atoms with Gasteiger partial charge in [-0.1, -0.05) is 45.0 Å². The van der Waals surface area contributed by atoms with Crippen LogP contribution >= 0.6 is 0 Å². The number of carbonyl (C=O) groups is 2. The second kappa shape index (κ2) is 14.0. The van der Waals surface area contributed by atoms with E-state index in [1.807, 2.05) is 6.07 Å². The van der Waals surface area contributed by atoms with Crippen LogP contribution in [0.5, 0.6) is 0 Å². The topological polar surface area (TPSA) is 90.9 Å². The van der Waals surface area contributed by atoms with Crippen LogP contribution in [0.15, 0.2) is 42.5 Å². The maximum Gasteiger partial charge on any atom is 0.409 e. The van der Waals surface area contributed by atoms with Gasteiger partial charge in [0.05, 0.1) is 19.3 Å². The molecule has 3 atom stereocenters. The van der Waals surface area contributed by atoms with E-state index in [0.717, 1.165) is 30.9 Å².